The van der Waals surface area contributed by atoms with Gasteiger partial charge in [-0.2, -0.15) is 0 Å². The van der Waals surface area contributed by atoms with E-state index in [2.05, 4.69) is 22.9 Å². The molecule has 0 radical (unpaired) electrons. The van der Waals surface area contributed by atoms with Crippen LogP contribution in [0.3, 0.4) is 0 Å². The van der Waals surface area contributed by atoms with Crippen LogP contribution in [0.4, 0.5) is 0 Å². The van der Waals surface area contributed by atoms with Crippen LogP contribution in [0.1, 0.15) is 32.6 Å². The predicted molar refractivity (Wildman–Crippen MR) is 52.5 cm³/mol. The summed E-state index contributed by atoms with van der Waals surface area (Å²) in [7, 11) is 0. The molecule has 1 aliphatic rings. The van der Waals surface area contributed by atoms with Gasteiger partial charge in [-0.3, -0.25) is 0 Å². The second-order valence-corrected chi connectivity index (χ2v) is 4.17. The lowest BCUT2D eigenvalue weighted by Gasteiger charge is -2.24. The van der Waals surface area contributed by atoms with Crippen LogP contribution < -0.4 is 0 Å². The van der Waals surface area contributed by atoms with Crippen LogP contribution in [-0.4, -0.2) is 24.3 Å². The van der Waals surface area contributed by atoms with Crippen molar-refractivity contribution in [2.24, 2.45) is 0 Å². The Morgan fingerprint density at radius 3 is 2.75 bits per heavy atom. The van der Waals surface area contributed by atoms with E-state index < -0.39 is 0 Å². The van der Waals surface area contributed by atoms with Crippen LogP contribution in [0.25, 0.3) is 0 Å². The van der Waals surface area contributed by atoms with Gasteiger partial charge >= 0.3 is 0 Å². The van der Waals surface area contributed by atoms with Gasteiger partial charge in [0.25, 0.3) is 0 Å². The van der Waals surface area contributed by atoms with Gasteiger partial charge in [0.05, 0.1) is 6.10 Å². The monoisotopic (exact) mass is 236 g/mol. The molecule has 1 rings (SSSR count). The average molecular weight is 237 g/mol. The zero-order valence-corrected chi connectivity index (χ0v) is 9.18. The molecule has 1 atom stereocenters. The standard InChI is InChI=1S/C9H17BrO2/c1-2-3-9(10)12-8-4-6-11-7-5-8/h8-9H,2-7H2,1H3. The highest BCUT2D eigenvalue weighted by Gasteiger charge is 2.16. The summed E-state index contributed by atoms with van der Waals surface area (Å²) in [6.45, 7) is 3.88. The first kappa shape index (κ1) is 10.5. The highest BCUT2D eigenvalue weighted by Crippen LogP contribution is 2.18. The molecule has 0 aromatic heterocycles. The van der Waals surface area contributed by atoms with Gasteiger partial charge in [0.15, 0.2) is 0 Å². The zero-order chi connectivity index (χ0) is 8.81. The van der Waals surface area contributed by atoms with Crippen molar-refractivity contribution >= 4 is 15.9 Å². The number of hydrogen-bond donors (Lipinski definition) is 0. The summed E-state index contributed by atoms with van der Waals surface area (Å²) >= 11 is 3.51. The maximum atomic E-state index is 5.77. The quantitative estimate of drug-likeness (QED) is 0.700. The van der Waals surface area contributed by atoms with Crippen molar-refractivity contribution in [1.29, 1.82) is 0 Å². The first-order valence-corrected chi connectivity index (χ1v) is 5.61. The third-order valence-electron chi connectivity index (χ3n) is 2.02. The van der Waals surface area contributed by atoms with E-state index in [4.69, 9.17) is 9.47 Å². The van der Waals surface area contributed by atoms with Gasteiger partial charge in [0, 0.05) is 13.2 Å². The Bertz CT molecular complexity index is 113. The van der Waals surface area contributed by atoms with E-state index in [0.29, 0.717) is 6.10 Å². The molecule has 0 N–H and O–H groups in total. The van der Waals surface area contributed by atoms with Crippen molar-refractivity contribution in [3.63, 3.8) is 0 Å². The van der Waals surface area contributed by atoms with Crippen LogP contribution in [0.2, 0.25) is 0 Å². The van der Waals surface area contributed by atoms with Crippen LogP contribution >= 0.6 is 15.9 Å². The van der Waals surface area contributed by atoms with Crippen molar-refractivity contribution in [1.82, 2.24) is 0 Å². The summed E-state index contributed by atoms with van der Waals surface area (Å²) < 4.78 is 11.0. The number of ether oxygens (including phenoxy) is 2. The summed E-state index contributed by atoms with van der Waals surface area (Å²) in [6.07, 6.45) is 4.77. The fraction of sp³-hybridized carbons (Fsp3) is 1.00. The van der Waals surface area contributed by atoms with Crippen molar-refractivity contribution in [2.45, 2.75) is 43.7 Å². The van der Waals surface area contributed by atoms with E-state index >= 15 is 0 Å². The fourth-order valence-electron chi connectivity index (χ4n) is 1.32. The highest BCUT2D eigenvalue weighted by molar-refractivity contribution is 9.09. The van der Waals surface area contributed by atoms with E-state index in [9.17, 15) is 0 Å². The van der Waals surface area contributed by atoms with Gasteiger partial charge in [-0.05, 0) is 19.3 Å². The number of alkyl halides is 1. The molecule has 0 bridgehead atoms. The second-order valence-electron chi connectivity index (χ2n) is 3.15. The average Bonchev–Trinajstić information content (AvgIpc) is 2.06. The van der Waals surface area contributed by atoms with E-state index in [1.165, 1.54) is 6.42 Å². The topological polar surface area (TPSA) is 18.5 Å². The molecule has 0 amide bonds. The van der Waals surface area contributed by atoms with Crippen molar-refractivity contribution in [2.75, 3.05) is 13.2 Å². The smallest absolute Gasteiger partial charge is 0.112 e. The molecule has 1 unspecified atom stereocenters. The van der Waals surface area contributed by atoms with Crippen LogP contribution in [0, 0.1) is 0 Å². The first-order chi connectivity index (χ1) is 5.83. The lowest BCUT2D eigenvalue weighted by molar-refractivity contribution is -0.0410. The van der Waals surface area contributed by atoms with E-state index in [-0.39, 0.29) is 5.01 Å². The second kappa shape index (κ2) is 5.95. The molecule has 3 heteroatoms. The van der Waals surface area contributed by atoms with E-state index in [1.54, 1.807) is 0 Å². The zero-order valence-electron chi connectivity index (χ0n) is 7.59. The Kier molecular flexibility index (Phi) is 5.19. The minimum absolute atomic E-state index is 0.241. The highest BCUT2D eigenvalue weighted by atomic mass is 79.9. The molecule has 0 aromatic carbocycles. The summed E-state index contributed by atoms with van der Waals surface area (Å²) in [5.41, 5.74) is 0. The lowest BCUT2D eigenvalue weighted by atomic mass is 10.1. The molecule has 1 fully saturated rings. The minimum atomic E-state index is 0.241. The molecule has 12 heavy (non-hydrogen) atoms. The van der Waals surface area contributed by atoms with Crippen LogP contribution in [-0.2, 0) is 9.47 Å². The van der Waals surface area contributed by atoms with Crippen molar-refractivity contribution in [3.05, 3.63) is 0 Å². The molecule has 1 heterocycles. The third-order valence-corrected chi connectivity index (χ3v) is 2.70. The van der Waals surface area contributed by atoms with Crippen LogP contribution in [0.15, 0.2) is 0 Å². The molecule has 1 aliphatic heterocycles. The van der Waals surface area contributed by atoms with Gasteiger partial charge in [-0.15, -0.1) is 0 Å². The van der Waals surface area contributed by atoms with E-state index in [0.717, 1.165) is 32.5 Å². The van der Waals surface area contributed by atoms with Gasteiger partial charge in [-0.1, -0.05) is 29.3 Å². The Labute approximate surface area is 82.7 Å². The summed E-state index contributed by atoms with van der Waals surface area (Å²) in [6, 6.07) is 0. The normalized spacial score (nSPS) is 22.5. The Morgan fingerprint density at radius 2 is 2.17 bits per heavy atom. The summed E-state index contributed by atoms with van der Waals surface area (Å²) in [5, 5.41) is 0.241. The Balaban J connectivity index is 2.11. The van der Waals surface area contributed by atoms with Crippen LogP contribution in [0.5, 0.6) is 0 Å². The SMILES string of the molecule is CCCC(Br)OC1CCOCC1. The fourth-order valence-corrected chi connectivity index (χ4v) is 2.08. The molecule has 1 saturated heterocycles. The molecular weight excluding hydrogens is 220 g/mol. The lowest BCUT2D eigenvalue weighted by Crippen LogP contribution is -2.26. The predicted octanol–water partition coefficient (Wildman–Crippen LogP) is 2.70. The van der Waals surface area contributed by atoms with Gasteiger partial charge in [0.2, 0.25) is 0 Å². The largest absolute Gasteiger partial charge is 0.381 e. The molecule has 0 spiro atoms. The maximum Gasteiger partial charge on any atom is 0.112 e. The number of rotatable bonds is 4. The van der Waals surface area contributed by atoms with Crippen molar-refractivity contribution < 1.29 is 9.47 Å². The molecule has 0 aliphatic carbocycles. The maximum absolute atomic E-state index is 5.77. The Morgan fingerprint density at radius 1 is 1.50 bits per heavy atom. The molecule has 2 nitrogen and oxygen atoms in total. The Hall–Kier alpha value is 0.400. The number of hydrogen-bond acceptors (Lipinski definition) is 2. The summed E-state index contributed by atoms with van der Waals surface area (Å²) in [5.74, 6) is 0. The van der Waals surface area contributed by atoms with Crippen molar-refractivity contribution in [3.8, 4) is 0 Å². The van der Waals surface area contributed by atoms with Gasteiger partial charge < -0.3 is 9.47 Å². The summed E-state index contributed by atoms with van der Waals surface area (Å²) in [4.78, 5) is 0. The molecule has 72 valence electrons. The third kappa shape index (κ3) is 3.87. The minimum Gasteiger partial charge on any atom is -0.381 e. The van der Waals surface area contributed by atoms with Gasteiger partial charge in [0.1, 0.15) is 5.01 Å². The number of halogens is 1. The first-order valence-electron chi connectivity index (χ1n) is 4.70. The molecular formula is C9H17BrO2. The molecule has 0 saturated carbocycles. The van der Waals surface area contributed by atoms with Gasteiger partial charge in [-0.25, -0.2) is 0 Å². The van der Waals surface area contributed by atoms with E-state index in [1.807, 2.05) is 0 Å². The molecule has 0 aromatic rings.